The maximum Gasteiger partial charge on any atom is 0.243 e. The van der Waals surface area contributed by atoms with Gasteiger partial charge in [0, 0.05) is 32.7 Å². The summed E-state index contributed by atoms with van der Waals surface area (Å²) in [6.07, 6.45) is -0.628. The second-order valence-corrected chi connectivity index (χ2v) is 9.61. The molecule has 0 aliphatic carbocycles. The maximum absolute atomic E-state index is 13.0. The van der Waals surface area contributed by atoms with Gasteiger partial charge < -0.3 is 9.84 Å². The lowest BCUT2D eigenvalue weighted by Gasteiger charge is -2.35. The molecule has 1 heterocycles. The van der Waals surface area contributed by atoms with Crippen molar-refractivity contribution < 1.29 is 18.3 Å². The quantitative estimate of drug-likeness (QED) is 0.748. The van der Waals surface area contributed by atoms with Crippen LogP contribution in [0.15, 0.2) is 47.4 Å². The van der Waals surface area contributed by atoms with Crippen LogP contribution in [0, 0.1) is 20.8 Å². The van der Waals surface area contributed by atoms with Crippen LogP contribution in [0.2, 0.25) is 0 Å². The van der Waals surface area contributed by atoms with Crippen LogP contribution in [0.5, 0.6) is 5.75 Å². The van der Waals surface area contributed by atoms with Gasteiger partial charge in [-0.2, -0.15) is 4.31 Å². The fourth-order valence-corrected chi connectivity index (χ4v) is 5.26. The number of β-amino-alcohol motifs (C(OH)–C–C–N with tert-alkyl or cyclic N) is 1. The van der Waals surface area contributed by atoms with Gasteiger partial charge in [0.15, 0.2) is 0 Å². The van der Waals surface area contributed by atoms with Crippen molar-refractivity contribution in [2.75, 3.05) is 39.3 Å². The molecule has 1 fully saturated rings. The van der Waals surface area contributed by atoms with E-state index >= 15 is 0 Å². The molecular weight excluding hydrogens is 388 g/mol. The Morgan fingerprint density at radius 3 is 2.38 bits per heavy atom. The average molecular weight is 419 g/mol. The summed E-state index contributed by atoms with van der Waals surface area (Å²) in [6.45, 7) is 8.38. The number of piperazine rings is 1. The number of aryl methyl sites for hydroxylation is 3. The van der Waals surface area contributed by atoms with Crippen molar-refractivity contribution in [2.45, 2.75) is 31.8 Å². The van der Waals surface area contributed by atoms with E-state index in [1.165, 1.54) is 0 Å². The Kier molecular flexibility index (Phi) is 6.95. The number of sulfonamides is 1. The smallest absolute Gasteiger partial charge is 0.243 e. The summed E-state index contributed by atoms with van der Waals surface area (Å²) in [6, 6.07) is 13.2. The van der Waals surface area contributed by atoms with Gasteiger partial charge in [0.25, 0.3) is 0 Å². The molecule has 2 aromatic carbocycles. The van der Waals surface area contributed by atoms with Crippen molar-refractivity contribution in [1.82, 2.24) is 9.21 Å². The number of nitrogens with zero attached hydrogens (tertiary/aromatic N) is 2. The van der Waals surface area contributed by atoms with E-state index in [4.69, 9.17) is 4.74 Å². The molecule has 7 heteroatoms. The van der Waals surface area contributed by atoms with E-state index in [0.29, 0.717) is 37.6 Å². The summed E-state index contributed by atoms with van der Waals surface area (Å²) in [5.74, 6) is 0.774. The number of hydrogen-bond donors (Lipinski definition) is 1. The van der Waals surface area contributed by atoms with Gasteiger partial charge in [-0.3, -0.25) is 4.90 Å². The highest BCUT2D eigenvalue weighted by Crippen LogP contribution is 2.22. The number of aliphatic hydroxyl groups excluding tert-OH is 1. The Morgan fingerprint density at radius 1 is 1.00 bits per heavy atom. The summed E-state index contributed by atoms with van der Waals surface area (Å²) in [5.41, 5.74) is 2.73. The van der Waals surface area contributed by atoms with Crippen molar-refractivity contribution in [2.24, 2.45) is 0 Å². The van der Waals surface area contributed by atoms with Gasteiger partial charge in [0.1, 0.15) is 18.5 Å². The fraction of sp³-hybridized carbons (Fsp3) is 0.455. The van der Waals surface area contributed by atoms with E-state index in [1.807, 2.05) is 57.2 Å². The Balaban J connectivity index is 1.52. The number of ether oxygens (including phenoxy) is 1. The van der Waals surface area contributed by atoms with E-state index in [1.54, 1.807) is 10.4 Å². The van der Waals surface area contributed by atoms with Gasteiger partial charge in [-0.1, -0.05) is 30.3 Å². The predicted molar refractivity (Wildman–Crippen MR) is 114 cm³/mol. The zero-order valence-electron chi connectivity index (χ0n) is 17.3. The fourth-order valence-electron chi connectivity index (χ4n) is 3.53. The first-order valence-electron chi connectivity index (χ1n) is 9.93. The van der Waals surface area contributed by atoms with Crippen LogP contribution in [-0.2, 0) is 10.0 Å². The second-order valence-electron chi connectivity index (χ2n) is 7.70. The van der Waals surface area contributed by atoms with E-state index in [9.17, 15) is 13.5 Å². The van der Waals surface area contributed by atoms with E-state index in [0.717, 1.165) is 22.4 Å². The number of hydrogen-bond acceptors (Lipinski definition) is 5. The van der Waals surface area contributed by atoms with Gasteiger partial charge in [-0.15, -0.1) is 0 Å². The summed E-state index contributed by atoms with van der Waals surface area (Å²) in [5, 5.41) is 10.3. The lowest BCUT2D eigenvalue weighted by Crippen LogP contribution is -2.50. The van der Waals surface area contributed by atoms with Crippen LogP contribution in [0.3, 0.4) is 0 Å². The minimum atomic E-state index is -3.50. The van der Waals surface area contributed by atoms with Gasteiger partial charge in [-0.25, -0.2) is 8.42 Å². The molecule has 0 spiro atoms. The highest BCUT2D eigenvalue weighted by Gasteiger charge is 2.30. The summed E-state index contributed by atoms with van der Waals surface area (Å²) in [4.78, 5) is 2.47. The molecule has 1 N–H and O–H groups in total. The third kappa shape index (κ3) is 5.36. The number of para-hydroxylation sites is 1. The Morgan fingerprint density at radius 2 is 1.69 bits per heavy atom. The Bertz CT molecular complexity index is 938. The standard InChI is InChI=1S/C22H30N2O4S/c1-17-8-9-19(3)22(14-17)29(26,27)24-12-10-23(11-13-24)15-20(25)16-28-21-7-5-4-6-18(21)2/h4-9,14,20,25H,10-13,15-16H2,1-3H3. The van der Waals surface area contributed by atoms with Crippen LogP contribution < -0.4 is 4.74 Å². The molecular formula is C22H30N2O4S. The van der Waals surface area contributed by atoms with Crippen molar-refractivity contribution in [1.29, 1.82) is 0 Å². The molecule has 1 atom stereocenters. The SMILES string of the molecule is Cc1ccc(C)c(S(=O)(=O)N2CCN(CC(O)COc3ccccc3C)CC2)c1. The van der Waals surface area contributed by atoms with E-state index < -0.39 is 16.1 Å². The van der Waals surface area contributed by atoms with Gasteiger partial charge in [0.05, 0.1) is 4.90 Å². The first kappa shape index (κ1) is 21.8. The van der Waals surface area contributed by atoms with Crippen molar-refractivity contribution in [3.63, 3.8) is 0 Å². The summed E-state index contributed by atoms with van der Waals surface area (Å²) >= 11 is 0. The lowest BCUT2D eigenvalue weighted by molar-refractivity contribution is 0.0567. The van der Waals surface area contributed by atoms with Crippen LogP contribution >= 0.6 is 0 Å². The first-order chi connectivity index (χ1) is 13.8. The monoisotopic (exact) mass is 418 g/mol. The molecule has 1 unspecified atom stereocenters. The molecule has 2 aromatic rings. The summed E-state index contributed by atoms with van der Waals surface area (Å²) in [7, 11) is -3.50. The van der Waals surface area contributed by atoms with Gasteiger partial charge in [-0.05, 0) is 49.6 Å². The molecule has 1 aliphatic heterocycles. The Hall–Kier alpha value is -1.93. The molecule has 0 bridgehead atoms. The number of aliphatic hydroxyl groups is 1. The van der Waals surface area contributed by atoms with Crippen molar-refractivity contribution >= 4 is 10.0 Å². The molecule has 0 saturated carbocycles. The third-order valence-corrected chi connectivity index (χ3v) is 7.33. The Labute approximate surface area is 173 Å². The predicted octanol–water partition coefficient (Wildman–Crippen LogP) is 2.36. The minimum absolute atomic E-state index is 0.214. The molecule has 6 nitrogen and oxygen atoms in total. The highest BCUT2D eigenvalue weighted by atomic mass is 32.2. The van der Waals surface area contributed by atoms with Gasteiger partial charge in [0.2, 0.25) is 10.0 Å². The van der Waals surface area contributed by atoms with Crippen molar-refractivity contribution in [3.05, 3.63) is 59.2 Å². The molecule has 3 rings (SSSR count). The molecule has 1 saturated heterocycles. The largest absolute Gasteiger partial charge is 0.491 e. The molecule has 0 radical (unpaired) electrons. The molecule has 1 aliphatic rings. The third-order valence-electron chi connectivity index (χ3n) is 5.29. The minimum Gasteiger partial charge on any atom is -0.491 e. The van der Waals surface area contributed by atoms with Crippen LogP contribution in [-0.4, -0.2) is 68.2 Å². The van der Waals surface area contributed by atoms with Crippen molar-refractivity contribution in [3.8, 4) is 5.75 Å². The average Bonchev–Trinajstić information content (AvgIpc) is 2.69. The zero-order chi connectivity index (χ0) is 21.0. The van der Waals surface area contributed by atoms with Crippen LogP contribution in [0.1, 0.15) is 16.7 Å². The second kappa shape index (κ2) is 9.26. The topological polar surface area (TPSA) is 70.1 Å². The summed E-state index contributed by atoms with van der Waals surface area (Å²) < 4.78 is 33.3. The normalized spacial score (nSPS) is 17.2. The molecule has 158 valence electrons. The van der Waals surface area contributed by atoms with E-state index in [-0.39, 0.29) is 6.61 Å². The highest BCUT2D eigenvalue weighted by molar-refractivity contribution is 7.89. The first-order valence-corrected chi connectivity index (χ1v) is 11.4. The lowest BCUT2D eigenvalue weighted by atomic mass is 10.2. The molecule has 29 heavy (non-hydrogen) atoms. The number of rotatable bonds is 7. The van der Waals surface area contributed by atoms with Crippen LogP contribution in [0.25, 0.3) is 0 Å². The van der Waals surface area contributed by atoms with E-state index in [2.05, 4.69) is 4.90 Å². The number of benzene rings is 2. The molecule has 0 amide bonds. The van der Waals surface area contributed by atoms with Gasteiger partial charge >= 0.3 is 0 Å². The molecule has 0 aromatic heterocycles. The zero-order valence-corrected chi connectivity index (χ0v) is 18.2. The van der Waals surface area contributed by atoms with Crippen LogP contribution in [0.4, 0.5) is 0 Å². The maximum atomic E-state index is 13.0.